The Hall–Kier alpha value is -1.81. The minimum atomic E-state index is -1.03. The molecule has 0 aliphatic heterocycles. The van der Waals surface area contributed by atoms with Crippen LogP contribution in [0.5, 0.6) is 0 Å². The summed E-state index contributed by atoms with van der Waals surface area (Å²) in [4.78, 5) is 10.9. The SMILES string of the molecule is CCc1cc(C(=O)O)nn1-c1cccc(Cl)c1. The number of nitrogens with zero attached hydrogens (tertiary/aromatic N) is 2. The fourth-order valence-corrected chi connectivity index (χ4v) is 1.79. The van der Waals surface area contributed by atoms with Gasteiger partial charge in [0.25, 0.3) is 0 Å². The van der Waals surface area contributed by atoms with Gasteiger partial charge in [0.1, 0.15) is 0 Å². The van der Waals surface area contributed by atoms with E-state index in [1.165, 1.54) is 0 Å². The van der Waals surface area contributed by atoms with Crippen molar-refractivity contribution in [1.29, 1.82) is 0 Å². The minimum Gasteiger partial charge on any atom is -0.476 e. The first-order chi connectivity index (χ1) is 8.11. The number of benzene rings is 1. The van der Waals surface area contributed by atoms with Gasteiger partial charge in [0.2, 0.25) is 0 Å². The van der Waals surface area contributed by atoms with E-state index >= 15 is 0 Å². The second-order valence-electron chi connectivity index (χ2n) is 3.57. The standard InChI is InChI=1S/C12H11ClN2O2/c1-2-9-7-11(12(16)17)14-15(9)10-5-3-4-8(13)6-10/h3-7H,2H2,1H3,(H,16,17). The lowest BCUT2D eigenvalue weighted by Crippen LogP contribution is -2.03. The summed E-state index contributed by atoms with van der Waals surface area (Å²) in [5.41, 5.74) is 1.65. The van der Waals surface area contributed by atoms with Gasteiger partial charge in [-0.05, 0) is 30.7 Å². The minimum absolute atomic E-state index is 0.0434. The average Bonchev–Trinajstić information content (AvgIpc) is 2.73. The number of carboxylic acids is 1. The molecule has 0 saturated heterocycles. The molecule has 1 aromatic carbocycles. The van der Waals surface area contributed by atoms with Crippen LogP contribution >= 0.6 is 11.6 Å². The third kappa shape index (κ3) is 2.31. The van der Waals surface area contributed by atoms with Gasteiger partial charge >= 0.3 is 5.97 Å². The van der Waals surface area contributed by atoms with E-state index in [1.807, 2.05) is 13.0 Å². The summed E-state index contributed by atoms with van der Waals surface area (Å²) < 4.78 is 1.61. The first-order valence-electron chi connectivity index (χ1n) is 5.20. The molecular formula is C12H11ClN2O2. The molecule has 0 amide bonds. The molecular weight excluding hydrogens is 240 g/mol. The van der Waals surface area contributed by atoms with E-state index in [1.54, 1.807) is 28.9 Å². The van der Waals surface area contributed by atoms with Crippen LogP contribution in [0.1, 0.15) is 23.1 Å². The largest absolute Gasteiger partial charge is 0.476 e. The van der Waals surface area contributed by atoms with Crippen LogP contribution in [0.2, 0.25) is 5.02 Å². The number of carboxylic acid groups (broad SMARTS) is 1. The molecule has 0 spiro atoms. The number of halogens is 1. The first kappa shape index (κ1) is 11.7. The molecule has 0 aliphatic carbocycles. The van der Waals surface area contributed by atoms with Gasteiger partial charge in [0.05, 0.1) is 5.69 Å². The third-order valence-corrected chi connectivity index (χ3v) is 2.65. The summed E-state index contributed by atoms with van der Waals surface area (Å²) in [5, 5.41) is 13.6. The zero-order chi connectivity index (χ0) is 12.4. The Bertz CT molecular complexity index is 563. The van der Waals surface area contributed by atoms with Crippen LogP contribution in [0, 0.1) is 0 Å². The highest BCUT2D eigenvalue weighted by Crippen LogP contribution is 2.17. The van der Waals surface area contributed by atoms with Crippen molar-refractivity contribution in [3.63, 3.8) is 0 Å². The van der Waals surface area contributed by atoms with E-state index in [9.17, 15) is 4.79 Å². The predicted octanol–water partition coefficient (Wildman–Crippen LogP) is 2.79. The second kappa shape index (κ2) is 4.59. The molecule has 0 saturated carbocycles. The highest BCUT2D eigenvalue weighted by molar-refractivity contribution is 6.30. The van der Waals surface area contributed by atoms with Crippen LogP contribution in [0.4, 0.5) is 0 Å². The second-order valence-corrected chi connectivity index (χ2v) is 4.01. The quantitative estimate of drug-likeness (QED) is 0.911. The highest BCUT2D eigenvalue weighted by Gasteiger charge is 2.13. The maximum atomic E-state index is 10.9. The number of hydrogen-bond acceptors (Lipinski definition) is 2. The molecule has 2 aromatic rings. The zero-order valence-corrected chi connectivity index (χ0v) is 9.98. The normalized spacial score (nSPS) is 10.5. The molecule has 4 nitrogen and oxygen atoms in total. The zero-order valence-electron chi connectivity index (χ0n) is 9.22. The van der Waals surface area contributed by atoms with Crippen LogP contribution in [-0.2, 0) is 6.42 Å². The molecule has 0 aliphatic rings. The number of aromatic nitrogens is 2. The van der Waals surface area contributed by atoms with Crippen molar-refractivity contribution in [2.75, 3.05) is 0 Å². The fourth-order valence-electron chi connectivity index (χ4n) is 1.61. The van der Waals surface area contributed by atoms with Crippen LogP contribution in [-0.4, -0.2) is 20.9 Å². The molecule has 17 heavy (non-hydrogen) atoms. The van der Waals surface area contributed by atoms with Crippen molar-refractivity contribution in [1.82, 2.24) is 9.78 Å². The summed E-state index contributed by atoms with van der Waals surface area (Å²) in [6.07, 6.45) is 0.701. The molecule has 1 N–H and O–H groups in total. The lowest BCUT2D eigenvalue weighted by atomic mass is 10.2. The molecule has 0 fully saturated rings. The molecule has 1 aromatic heterocycles. The van der Waals surface area contributed by atoms with Crippen molar-refractivity contribution in [3.8, 4) is 5.69 Å². The molecule has 1 heterocycles. The first-order valence-corrected chi connectivity index (χ1v) is 5.57. The van der Waals surface area contributed by atoms with Crippen molar-refractivity contribution in [2.45, 2.75) is 13.3 Å². The summed E-state index contributed by atoms with van der Waals surface area (Å²) in [6.45, 7) is 1.95. The highest BCUT2D eigenvalue weighted by atomic mass is 35.5. The summed E-state index contributed by atoms with van der Waals surface area (Å²) >= 11 is 5.90. The number of aryl methyl sites for hydroxylation is 1. The summed E-state index contributed by atoms with van der Waals surface area (Å²) in [5.74, 6) is -1.03. The lowest BCUT2D eigenvalue weighted by molar-refractivity contribution is 0.0690. The van der Waals surface area contributed by atoms with Gasteiger partial charge in [0.15, 0.2) is 5.69 Å². The van der Waals surface area contributed by atoms with Crippen molar-refractivity contribution < 1.29 is 9.90 Å². The monoisotopic (exact) mass is 250 g/mol. The van der Waals surface area contributed by atoms with Gasteiger partial charge in [-0.1, -0.05) is 24.6 Å². The summed E-state index contributed by atoms with van der Waals surface area (Å²) in [7, 11) is 0. The van der Waals surface area contributed by atoms with E-state index < -0.39 is 5.97 Å². The third-order valence-electron chi connectivity index (χ3n) is 2.42. The van der Waals surface area contributed by atoms with E-state index in [-0.39, 0.29) is 5.69 Å². The maximum Gasteiger partial charge on any atom is 0.356 e. The summed E-state index contributed by atoms with van der Waals surface area (Å²) in [6, 6.07) is 8.73. The van der Waals surface area contributed by atoms with Crippen molar-refractivity contribution in [3.05, 3.63) is 46.7 Å². The van der Waals surface area contributed by atoms with Gasteiger partial charge in [-0.3, -0.25) is 0 Å². The molecule has 0 atom stereocenters. The molecule has 0 bridgehead atoms. The predicted molar refractivity (Wildman–Crippen MR) is 64.9 cm³/mol. The topological polar surface area (TPSA) is 55.1 Å². The van der Waals surface area contributed by atoms with E-state index in [2.05, 4.69) is 5.10 Å². The van der Waals surface area contributed by atoms with Crippen LogP contribution < -0.4 is 0 Å². The Kier molecular flexibility index (Phi) is 3.15. The molecule has 5 heteroatoms. The Balaban J connectivity index is 2.54. The molecule has 88 valence electrons. The Morgan fingerprint density at radius 1 is 1.47 bits per heavy atom. The van der Waals surface area contributed by atoms with E-state index in [0.717, 1.165) is 11.4 Å². The smallest absolute Gasteiger partial charge is 0.356 e. The molecule has 2 rings (SSSR count). The van der Waals surface area contributed by atoms with Crippen LogP contribution in [0.3, 0.4) is 0 Å². The van der Waals surface area contributed by atoms with Gasteiger partial charge in [-0.15, -0.1) is 0 Å². The number of carbonyl (C=O) groups is 1. The van der Waals surface area contributed by atoms with E-state index in [0.29, 0.717) is 11.4 Å². The van der Waals surface area contributed by atoms with Gasteiger partial charge in [0, 0.05) is 10.7 Å². The number of rotatable bonds is 3. The van der Waals surface area contributed by atoms with Crippen LogP contribution in [0.15, 0.2) is 30.3 Å². The Morgan fingerprint density at radius 2 is 2.24 bits per heavy atom. The van der Waals surface area contributed by atoms with Gasteiger partial charge < -0.3 is 5.11 Å². The lowest BCUT2D eigenvalue weighted by Gasteiger charge is -2.05. The van der Waals surface area contributed by atoms with Crippen molar-refractivity contribution in [2.24, 2.45) is 0 Å². The number of aromatic carboxylic acids is 1. The Labute approximate surface area is 103 Å². The van der Waals surface area contributed by atoms with Gasteiger partial charge in [-0.25, -0.2) is 9.48 Å². The van der Waals surface area contributed by atoms with Gasteiger partial charge in [-0.2, -0.15) is 5.10 Å². The fraction of sp³-hybridized carbons (Fsp3) is 0.167. The average molecular weight is 251 g/mol. The Morgan fingerprint density at radius 3 is 2.82 bits per heavy atom. The van der Waals surface area contributed by atoms with E-state index in [4.69, 9.17) is 16.7 Å². The van der Waals surface area contributed by atoms with Crippen molar-refractivity contribution >= 4 is 17.6 Å². The maximum absolute atomic E-state index is 10.9. The van der Waals surface area contributed by atoms with Crippen LogP contribution in [0.25, 0.3) is 5.69 Å². The molecule has 0 radical (unpaired) electrons. The number of hydrogen-bond donors (Lipinski definition) is 1. The molecule has 0 unspecified atom stereocenters.